The number of amides is 1. The second-order valence-corrected chi connectivity index (χ2v) is 15.3. The molecule has 1 unspecified atom stereocenters. The lowest BCUT2D eigenvalue weighted by Gasteiger charge is -2.42. The first-order chi connectivity index (χ1) is 28.5. The van der Waals surface area contributed by atoms with E-state index in [-0.39, 0.29) is 31.7 Å². The number of aliphatic hydroxyl groups is 2. The topological polar surface area (TPSA) is 120 Å². The summed E-state index contributed by atoms with van der Waals surface area (Å²) >= 11 is 0. The van der Waals surface area contributed by atoms with Gasteiger partial charge in [0.25, 0.3) is 0 Å². The van der Waals surface area contributed by atoms with Gasteiger partial charge in [-0.3, -0.25) is 24.6 Å². The van der Waals surface area contributed by atoms with Crippen LogP contribution < -0.4 is 14.8 Å². The van der Waals surface area contributed by atoms with Crippen molar-refractivity contribution in [3.8, 4) is 11.5 Å². The first-order valence-corrected chi connectivity index (χ1v) is 20.6. The van der Waals surface area contributed by atoms with Gasteiger partial charge in [-0.2, -0.15) is 0 Å². The van der Waals surface area contributed by atoms with Crippen LogP contribution in [-0.2, 0) is 17.6 Å². The van der Waals surface area contributed by atoms with Crippen molar-refractivity contribution < 1.29 is 24.5 Å². The molecule has 0 bridgehead atoms. The molecule has 0 aliphatic carbocycles. The van der Waals surface area contributed by atoms with Gasteiger partial charge in [0.15, 0.2) is 0 Å². The lowest BCUT2D eigenvalue weighted by Crippen LogP contribution is -2.62. The number of nitrogens with one attached hydrogen (secondary N) is 1. The van der Waals surface area contributed by atoms with E-state index in [1.807, 2.05) is 72.8 Å². The zero-order valence-electron chi connectivity index (χ0n) is 33.1. The molecule has 1 aliphatic rings. The number of hydrogen-bond acceptors (Lipinski definition) is 9. The monoisotopic (exact) mass is 781 g/mol. The Morgan fingerprint density at radius 3 is 1.74 bits per heavy atom. The molecule has 0 spiro atoms. The molecular formula is C48H55N5O5. The summed E-state index contributed by atoms with van der Waals surface area (Å²) in [7, 11) is 0. The van der Waals surface area contributed by atoms with Crippen LogP contribution >= 0.6 is 0 Å². The molecule has 10 nitrogen and oxygen atoms in total. The Hall–Kier alpha value is -5.39. The van der Waals surface area contributed by atoms with Crippen molar-refractivity contribution in [2.45, 2.75) is 62.8 Å². The first-order valence-electron chi connectivity index (χ1n) is 20.6. The number of piperazine rings is 1. The average molecular weight is 782 g/mol. The minimum atomic E-state index is -0.838. The number of aromatic nitrogens is 2. The van der Waals surface area contributed by atoms with Gasteiger partial charge in [0.2, 0.25) is 5.91 Å². The first kappa shape index (κ1) is 40.8. The van der Waals surface area contributed by atoms with Crippen LogP contribution in [0, 0.1) is 0 Å². The minimum Gasteiger partial charge on any atom is -0.490 e. The van der Waals surface area contributed by atoms with Crippen LogP contribution in [0.1, 0.15) is 36.8 Å². The van der Waals surface area contributed by atoms with Crippen molar-refractivity contribution in [1.29, 1.82) is 0 Å². The fourth-order valence-corrected chi connectivity index (χ4v) is 7.94. The van der Waals surface area contributed by atoms with Crippen LogP contribution in [0.5, 0.6) is 11.5 Å². The Morgan fingerprint density at radius 2 is 1.19 bits per heavy atom. The Labute approximate surface area is 341 Å². The van der Waals surface area contributed by atoms with Crippen molar-refractivity contribution in [2.75, 3.05) is 45.9 Å². The van der Waals surface area contributed by atoms with Gasteiger partial charge < -0.3 is 25.0 Å². The zero-order chi connectivity index (χ0) is 39.9. The molecule has 4 aromatic carbocycles. The quantitative estimate of drug-likeness (QED) is 0.0800. The predicted octanol–water partition coefficient (Wildman–Crippen LogP) is 6.48. The van der Waals surface area contributed by atoms with Crippen molar-refractivity contribution in [3.63, 3.8) is 0 Å². The Morgan fingerprint density at radius 1 is 0.655 bits per heavy atom. The number of β-amino-alcohol motifs (C(OH)–C–C–N with tert-alkyl or cyclic N) is 2. The Balaban J connectivity index is 1.01. The molecule has 1 saturated heterocycles. The molecule has 0 radical (unpaired) electrons. The fraction of sp³-hybridized carbons (Fsp3) is 0.354. The number of rotatable bonds is 20. The normalized spacial score (nSPS) is 16.0. The van der Waals surface area contributed by atoms with Crippen LogP contribution in [0.15, 0.2) is 134 Å². The maximum atomic E-state index is 14.5. The fourth-order valence-electron chi connectivity index (χ4n) is 7.94. The number of aryl methyl sites for hydroxylation is 2. The Bertz CT molecular complexity index is 2120. The third-order valence-corrected chi connectivity index (χ3v) is 10.9. The summed E-state index contributed by atoms with van der Waals surface area (Å²) < 4.78 is 12.2. The van der Waals surface area contributed by atoms with Crippen LogP contribution in [-0.4, -0.2) is 106 Å². The number of hydrogen-bond donors (Lipinski definition) is 3. The summed E-state index contributed by atoms with van der Waals surface area (Å²) in [5.41, 5.74) is 4.24. The van der Waals surface area contributed by atoms with Crippen LogP contribution in [0.25, 0.3) is 21.8 Å². The van der Waals surface area contributed by atoms with E-state index in [1.54, 1.807) is 12.4 Å². The minimum absolute atomic E-state index is 0.000413. The van der Waals surface area contributed by atoms with Gasteiger partial charge in [-0.15, -0.1) is 0 Å². The molecular weight excluding hydrogens is 727 g/mol. The second-order valence-electron chi connectivity index (χ2n) is 15.3. The SMILES string of the molecule is O=C(NC(CCCc1ccccc1)CCCc1ccccc1)C1CN(C[C@H](O)COc2cccc3ncccc23)CCN1C[C@H](O)COc1cccc2ncccc12. The number of carbonyl (C=O) groups excluding carboxylic acids is 1. The summed E-state index contributed by atoms with van der Waals surface area (Å²) in [5.74, 6) is 1.28. The molecule has 10 heteroatoms. The molecule has 6 aromatic rings. The van der Waals surface area contributed by atoms with Crippen molar-refractivity contribution in [2.24, 2.45) is 0 Å². The third kappa shape index (κ3) is 11.6. The number of fused-ring (bicyclic) bond motifs is 2. The second kappa shape index (κ2) is 20.9. The molecule has 0 saturated carbocycles. The molecule has 1 aliphatic heterocycles. The van der Waals surface area contributed by atoms with Crippen molar-refractivity contribution in [1.82, 2.24) is 25.1 Å². The van der Waals surface area contributed by atoms with Crippen molar-refractivity contribution >= 4 is 27.7 Å². The number of benzene rings is 4. The summed E-state index contributed by atoms with van der Waals surface area (Å²) in [6.45, 7) is 2.37. The highest BCUT2D eigenvalue weighted by Gasteiger charge is 2.35. The molecule has 2 aromatic heterocycles. The van der Waals surface area contributed by atoms with E-state index in [4.69, 9.17) is 9.47 Å². The Kier molecular flexibility index (Phi) is 14.7. The van der Waals surface area contributed by atoms with Gasteiger partial charge in [0.05, 0.1) is 11.0 Å². The third-order valence-electron chi connectivity index (χ3n) is 10.9. The molecule has 7 rings (SSSR count). The van der Waals surface area contributed by atoms with E-state index >= 15 is 0 Å². The average Bonchev–Trinajstić information content (AvgIpc) is 3.26. The van der Waals surface area contributed by atoms with E-state index in [0.717, 1.165) is 60.3 Å². The molecule has 1 amide bonds. The largest absolute Gasteiger partial charge is 0.490 e. The van der Waals surface area contributed by atoms with E-state index in [2.05, 4.69) is 73.6 Å². The highest BCUT2D eigenvalue weighted by Crippen LogP contribution is 2.25. The van der Waals surface area contributed by atoms with Gasteiger partial charge in [-0.25, -0.2) is 0 Å². The van der Waals surface area contributed by atoms with Crippen LogP contribution in [0.2, 0.25) is 0 Å². The van der Waals surface area contributed by atoms with Crippen molar-refractivity contribution in [3.05, 3.63) is 145 Å². The van der Waals surface area contributed by atoms with E-state index < -0.39 is 18.2 Å². The van der Waals surface area contributed by atoms with E-state index in [0.29, 0.717) is 37.7 Å². The summed E-state index contributed by atoms with van der Waals surface area (Å²) in [6.07, 6.45) is 7.42. The number of nitrogens with zero attached hydrogens (tertiary/aromatic N) is 4. The van der Waals surface area contributed by atoms with Gasteiger partial charge >= 0.3 is 0 Å². The summed E-state index contributed by atoms with van der Waals surface area (Å²) in [6, 6.07) is 39.5. The smallest absolute Gasteiger partial charge is 0.238 e. The highest BCUT2D eigenvalue weighted by molar-refractivity contribution is 5.85. The van der Waals surface area contributed by atoms with Gasteiger partial charge in [-0.1, -0.05) is 72.8 Å². The molecule has 1 fully saturated rings. The van der Waals surface area contributed by atoms with E-state index in [1.165, 1.54) is 11.1 Å². The molecule has 58 heavy (non-hydrogen) atoms. The summed E-state index contributed by atoms with van der Waals surface area (Å²) in [4.78, 5) is 27.5. The van der Waals surface area contributed by atoms with Crippen LogP contribution in [0.3, 0.4) is 0 Å². The number of aliphatic hydroxyl groups excluding tert-OH is 2. The standard InChI is InChI=1S/C48H55N5O5/c54-39(34-57-46-25-9-23-43-41(46)21-11-27-49-43)31-52-29-30-53(32-40(55)35-58-47-26-10-24-44-42(47)22-12-28-50-44)45(33-52)48(56)51-38(19-7-17-36-13-3-1-4-14-36)20-8-18-37-15-5-2-6-16-37/h1-6,9-16,21-28,38-40,45,54-55H,7-8,17-20,29-35H2,(H,51,56)/t39-,40-,45?/m0/s1. The lowest BCUT2D eigenvalue weighted by atomic mass is 9.98. The van der Waals surface area contributed by atoms with E-state index in [9.17, 15) is 15.0 Å². The predicted molar refractivity (Wildman–Crippen MR) is 229 cm³/mol. The number of ether oxygens (including phenoxy) is 2. The maximum Gasteiger partial charge on any atom is 0.238 e. The molecule has 302 valence electrons. The summed E-state index contributed by atoms with van der Waals surface area (Å²) in [5, 5.41) is 27.8. The number of pyridine rings is 2. The highest BCUT2D eigenvalue weighted by atomic mass is 16.5. The van der Waals surface area contributed by atoms with Gasteiger partial charge in [-0.05, 0) is 98.2 Å². The molecule has 3 atom stereocenters. The molecule has 3 heterocycles. The van der Waals surface area contributed by atoms with Gasteiger partial charge in [0.1, 0.15) is 43.0 Å². The maximum absolute atomic E-state index is 14.5. The van der Waals surface area contributed by atoms with Gasteiger partial charge in [0, 0.05) is 61.9 Å². The zero-order valence-corrected chi connectivity index (χ0v) is 33.1. The lowest BCUT2D eigenvalue weighted by molar-refractivity contribution is -0.131. The number of carbonyl (C=O) groups is 1. The molecule has 3 N–H and O–H groups in total. The van der Waals surface area contributed by atoms with Crippen LogP contribution in [0.4, 0.5) is 0 Å².